The van der Waals surface area contributed by atoms with Gasteiger partial charge in [-0.25, -0.2) is 8.42 Å². The van der Waals surface area contributed by atoms with E-state index < -0.39 is 9.84 Å². The normalized spacial score (nSPS) is 17.9. The van der Waals surface area contributed by atoms with Crippen molar-refractivity contribution < 1.29 is 8.42 Å². The first-order chi connectivity index (χ1) is 9.13. The molecule has 1 aromatic rings. The van der Waals surface area contributed by atoms with Crippen LogP contribution in [0.3, 0.4) is 0 Å². The molecule has 1 aliphatic carbocycles. The summed E-state index contributed by atoms with van der Waals surface area (Å²) in [5.74, 6) is 0.149. The monoisotopic (exact) mass is 281 g/mol. The Balaban J connectivity index is 2.20. The van der Waals surface area contributed by atoms with E-state index in [1.807, 2.05) is 12.1 Å². The number of nitrogens with one attached hydrogen (secondary N) is 1. The Morgan fingerprint density at radius 1 is 1.11 bits per heavy atom. The van der Waals surface area contributed by atoms with Gasteiger partial charge >= 0.3 is 0 Å². The van der Waals surface area contributed by atoms with Crippen LogP contribution in [0.2, 0.25) is 0 Å². The van der Waals surface area contributed by atoms with E-state index in [9.17, 15) is 8.42 Å². The van der Waals surface area contributed by atoms with Crippen LogP contribution in [0, 0.1) is 0 Å². The summed E-state index contributed by atoms with van der Waals surface area (Å²) in [6.07, 6.45) is 7.35. The zero-order valence-corrected chi connectivity index (χ0v) is 12.4. The lowest BCUT2D eigenvalue weighted by Crippen LogP contribution is -2.20. The average Bonchev–Trinajstić information content (AvgIpc) is 2.68. The summed E-state index contributed by atoms with van der Waals surface area (Å²) >= 11 is 0. The smallest absolute Gasteiger partial charge is 0.180 e. The van der Waals surface area contributed by atoms with Crippen LogP contribution in [-0.2, 0) is 9.84 Å². The van der Waals surface area contributed by atoms with Crippen LogP contribution >= 0.6 is 0 Å². The van der Waals surface area contributed by atoms with Crippen LogP contribution in [0.5, 0.6) is 0 Å². The van der Waals surface area contributed by atoms with Crippen LogP contribution in [0.25, 0.3) is 0 Å². The lowest BCUT2D eigenvalue weighted by molar-refractivity contribution is 0.595. The molecule has 2 rings (SSSR count). The van der Waals surface area contributed by atoms with Crippen LogP contribution in [0.1, 0.15) is 45.4 Å². The molecule has 19 heavy (non-hydrogen) atoms. The molecule has 1 aromatic carbocycles. The molecule has 0 bridgehead atoms. The van der Waals surface area contributed by atoms with Crippen molar-refractivity contribution in [3.8, 4) is 0 Å². The Kier molecular flexibility index (Phi) is 4.86. The maximum atomic E-state index is 12.1. The van der Waals surface area contributed by atoms with Crippen molar-refractivity contribution in [1.82, 2.24) is 0 Å². The molecule has 0 atom stereocenters. The Hall–Kier alpha value is -1.03. The molecule has 0 radical (unpaired) electrons. The first kappa shape index (κ1) is 14.4. The second-order valence-corrected chi connectivity index (χ2v) is 7.48. The van der Waals surface area contributed by atoms with Gasteiger partial charge in [-0.05, 0) is 25.0 Å². The molecule has 0 aliphatic heterocycles. The van der Waals surface area contributed by atoms with Crippen molar-refractivity contribution in [1.29, 1.82) is 0 Å². The third-order valence-corrected chi connectivity index (χ3v) is 5.60. The van der Waals surface area contributed by atoms with E-state index in [0.29, 0.717) is 10.9 Å². The Morgan fingerprint density at radius 2 is 1.74 bits per heavy atom. The van der Waals surface area contributed by atoms with Crippen LogP contribution in [-0.4, -0.2) is 20.2 Å². The molecule has 1 aliphatic rings. The van der Waals surface area contributed by atoms with Gasteiger partial charge in [-0.2, -0.15) is 0 Å². The SMILES string of the molecule is CCS(=O)(=O)c1ccccc1NC1CCCCCC1. The molecule has 4 heteroatoms. The fraction of sp³-hybridized carbons (Fsp3) is 0.600. The molecule has 1 saturated carbocycles. The van der Waals surface area contributed by atoms with Crippen molar-refractivity contribution in [2.45, 2.75) is 56.4 Å². The summed E-state index contributed by atoms with van der Waals surface area (Å²) in [5, 5.41) is 3.45. The number of hydrogen-bond acceptors (Lipinski definition) is 3. The van der Waals surface area contributed by atoms with E-state index in [2.05, 4.69) is 5.32 Å². The van der Waals surface area contributed by atoms with E-state index in [4.69, 9.17) is 0 Å². The lowest BCUT2D eigenvalue weighted by Gasteiger charge is -2.19. The topological polar surface area (TPSA) is 46.2 Å². The Bertz CT molecular complexity index is 503. The van der Waals surface area contributed by atoms with E-state index in [0.717, 1.165) is 18.5 Å². The standard InChI is InChI=1S/C15H23NO2S/c1-2-19(17,18)15-12-8-7-11-14(15)16-13-9-5-3-4-6-10-13/h7-8,11-13,16H,2-6,9-10H2,1H3. The molecular formula is C15H23NO2S. The third kappa shape index (κ3) is 3.72. The van der Waals surface area contributed by atoms with Crippen molar-refractivity contribution in [3.63, 3.8) is 0 Å². The molecule has 0 saturated heterocycles. The highest BCUT2D eigenvalue weighted by molar-refractivity contribution is 7.91. The molecule has 1 fully saturated rings. The van der Waals surface area contributed by atoms with Crippen LogP contribution in [0.4, 0.5) is 5.69 Å². The first-order valence-electron chi connectivity index (χ1n) is 7.22. The Labute approximate surface area is 116 Å². The van der Waals surface area contributed by atoms with Crippen molar-refractivity contribution in [2.24, 2.45) is 0 Å². The predicted molar refractivity (Wildman–Crippen MR) is 79.3 cm³/mol. The van der Waals surface area contributed by atoms with E-state index in [-0.39, 0.29) is 5.75 Å². The third-order valence-electron chi connectivity index (χ3n) is 3.82. The summed E-state index contributed by atoms with van der Waals surface area (Å²) < 4.78 is 24.2. The zero-order valence-electron chi connectivity index (χ0n) is 11.6. The number of rotatable bonds is 4. The summed E-state index contributed by atoms with van der Waals surface area (Å²) in [6, 6.07) is 7.69. The molecule has 0 spiro atoms. The van der Waals surface area contributed by atoms with E-state index in [1.54, 1.807) is 19.1 Å². The number of para-hydroxylation sites is 1. The number of anilines is 1. The van der Waals surface area contributed by atoms with Crippen molar-refractivity contribution in [3.05, 3.63) is 24.3 Å². The molecule has 1 N–H and O–H groups in total. The van der Waals surface area contributed by atoms with Gasteiger partial charge in [0.05, 0.1) is 16.3 Å². The van der Waals surface area contributed by atoms with E-state index >= 15 is 0 Å². The molecule has 106 valence electrons. The minimum Gasteiger partial charge on any atom is -0.381 e. The zero-order chi connectivity index (χ0) is 13.7. The quantitative estimate of drug-likeness (QED) is 0.857. The van der Waals surface area contributed by atoms with Gasteiger partial charge in [-0.1, -0.05) is 44.7 Å². The minimum absolute atomic E-state index is 0.149. The van der Waals surface area contributed by atoms with Crippen LogP contribution < -0.4 is 5.32 Å². The molecule has 0 aromatic heterocycles. The highest BCUT2D eigenvalue weighted by Gasteiger charge is 2.19. The lowest BCUT2D eigenvalue weighted by atomic mass is 10.1. The molecule has 0 heterocycles. The molecule has 0 unspecified atom stereocenters. The largest absolute Gasteiger partial charge is 0.381 e. The fourth-order valence-corrected chi connectivity index (χ4v) is 3.72. The first-order valence-corrected chi connectivity index (χ1v) is 8.87. The van der Waals surface area contributed by atoms with Gasteiger partial charge in [0.2, 0.25) is 0 Å². The summed E-state index contributed by atoms with van der Waals surface area (Å²) in [6.45, 7) is 1.69. The van der Waals surface area contributed by atoms with Gasteiger partial charge < -0.3 is 5.32 Å². The number of sulfone groups is 1. The summed E-state index contributed by atoms with van der Waals surface area (Å²) in [5.41, 5.74) is 0.774. The highest BCUT2D eigenvalue weighted by Crippen LogP contribution is 2.26. The number of hydrogen-bond donors (Lipinski definition) is 1. The highest BCUT2D eigenvalue weighted by atomic mass is 32.2. The maximum absolute atomic E-state index is 12.1. The van der Waals surface area contributed by atoms with Crippen molar-refractivity contribution in [2.75, 3.05) is 11.1 Å². The molecule has 0 amide bonds. The van der Waals surface area contributed by atoms with Gasteiger partial charge in [-0.15, -0.1) is 0 Å². The van der Waals surface area contributed by atoms with Crippen LogP contribution in [0.15, 0.2) is 29.2 Å². The average molecular weight is 281 g/mol. The predicted octanol–water partition coefficient (Wildman–Crippen LogP) is 3.61. The molecule has 3 nitrogen and oxygen atoms in total. The van der Waals surface area contributed by atoms with E-state index in [1.165, 1.54) is 25.7 Å². The fourth-order valence-electron chi connectivity index (χ4n) is 2.66. The van der Waals surface area contributed by atoms with Gasteiger partial charge in [0.25, 0.3) is 0 Å². The van der Waals surface area contributed by atoms with Gasteiger partial charge in [0.15, 0.2) is 9.84 Å². The van der Waals surface area contributed by atoms with Gasteiger partial charge in [0.1, 0.15) is 0 Å². The maximum Gasteiger partial charge on any atom is 0.180 e. The summed E-state index contributed by atoms with van der Waals surface area (Å²) in [7, 11) is -3.15. The molecular weight excluding hydrogens is 258 g/mol. The Morgan fingerprint density at radius 3 is 2.37 bits per heavy atom. The summed E-state index contributed by atoms with van der Waals surface area (Å²) in [4.78, 5) is 0.446. The van der Waals surface area contributed by atoms with Gasteiger partial charge in [-0.3, -0.25) is 0 Å². The number of benzene rings is 1. The minimum atomic E-state index is -3.15. The van der Waals surface area contributed by atoms with Gasteiger partial charge in [0, 0.05) is 6.04 Å². The second-order valence-electron chi connectivity index (χ2n) is 5.23. The van der Waals surface area contributed by atoms with Crippen molar-refractivity contribution >= 4 is 15.5 Å². The second kappa shape index (κ2) is 6.42.